The van der Waals surface area contributed by atoms with E-state index in [1.807, 2.05) is 0 Å². The summed E-state index contributed by atoms with van der Waals surface area (Å²) in [5.41, 5.74) is 5.49. The highest BCUT2D eigenvalue weighted by molar-refractivity contribution is 7.89. The largest absolute Gasteiger partial charge is 0.352 e. The van der Waals surface area contributed by atoms with Gasteiger partial charge >= 0.3 is 0 Å². The van der Waals surface area contributed by atoms with Crippen molar-refractivity contribution in [1.82, 2.24) is 19.5 Å². The van der Waals surface area contributed by atoms with E-state index in [-0.39, 0.29) is 48.2 Å². The predicted molar refractivity (Wildman–Crippen MR) is 111 cm³/mol. The van der Waals surface area contributed by atoms with Crippen LogP contribution < -0.4 is 11.1 Å². The van der Waals surface area contributed by atoms with E-state index < -0.39 is 33.8 Å². The Hall–Kier alpha value is -2.60. The van der Waals surface area contributed by atoms with Gasteiger partial charge in [0.2, 0.25) is 10.0 Å². The van der Waals surface area contributed by atoms with Crippen molar-refractivity contribution in [3.05, 3.63) is 59.1 Å². The number of hydrogen-bond donors (Lipinski definition) is 2. The van der Waals surface area contributed by atoms with Gasteiger partial charge in [-0.05, 0) is 42.8 Å². The molecule has 9 nitrogen and oxygen atoms in total. The summed E-state index contributed by atoms with van der Waals surface area (Å²) in [4.78, 5) is 31.0. The minimum Gasteiger partial charge on any atom is -0.352 e. The molecule has 1 fully saturated rings. The van der Waals surface area contributed by atoms with Gasteiger partial charge in [-0.3, -0.25) is 9.59 Å². The lowest BCUT2D eigenvalue weighted by atomic mass is 10.2. The average molecular weight is 470 g/mol. The molecule has 3 rings (SSSR count). The molecule has 166 valence electrons. The predicted octanol–water partition coefficient (Wildman–Crippen LogP) is 0.812. The van der Waals surface area contributed by atoms with E-state index in [0.717, 1.165) is 33.5 Å². The van der Waals surface area contributed by atoms with Gasteiger partial charge in [-0.25, -0.2) is 17.8 Å². The summed E-state index contributed by atoms with van der Waals surface area (Å²) >= 11 is 6.04. The van der Waals surface area contributed by atoms with Crippen molar-refractivity contribution in [2.45, 2.75) is 17.5 Å². The van der Waals surface area contributed by atoms with Gasteiger partial charge in [0, 0.05) is 32.4 Å². The molecule has 1 aliphatic rings. The number of pyridine rings is 1. The van der Waals surface area contributed by atoms with Gasteiger partial charge in [-0.15, -0.1) is 0 Å². The van der Waals surface area contributed by atoms with Gasteiger partial charge in [0.1, 0.15) is 11.0 Å². The van der Waals surface area contributed by atoms with Crippen LogP contribution >= 0.6 is 11.6 Å². The van der Waals surface area contributed by atoms with Crippen molar-refractivity contribution in [1.29, 1.82) is 0 Å². The number of rotatable bonds is 6. The van der Waals surface area contributed by atoms with E-state index in [1.165, 1.54) is 18.3 Å². The number of halogens is 2. The molecule has 2 amide bonds. The average Bonchev–Trinajstić information content (AvgIpc) is 2.77. The van der Waals surface area contributed by atoms with E-state index in [0.29, 0.717) is 0 Å². The maximum Gasteiger partial charge on any atom is 0.259 e. The molecule has 1 atom stereocenters. The van der Waals surface area contributed by atoms with Crippen molar-refractivity contribution in [3.63, 3.8) is 0 Å². The van der Waals surface area contributed by atoms with Crippen LogP contribution in [-0.4, -0.2) is 66.8 Å². The van der Waals surface area contributed by atoms with Crippen LogP contribution in [0.4, 0.5) is 4.39 Å². The van der Waals surface area contributed by atoms with Crippen molar-refractivity contribution < 1.29 is 22.4 Å². The van der Waals surface area contributed by atoms with E-state index in [1.54, 1.807) is 0 Å². The van der Waals surface area contributed by atoms with Crippen LogP contribution in [0.25, 0.3) is 0 Å². The molecule has 1 saturated heterocycles. The van der Waals surface area contributed by atoms with Crippen LogP contribution in [0.5, 0.6) is 0 Å². The Balaban J connectivity index is 2.03. The first kappa shape index (κ1) is 23.1. The van der Waals surface area contributed by atoms with E-state index >= 15 is 0 Å². The molecule has 2 aromatic rings. The Bertz CT molecular complexity index is 1070. The zero-order chi connectivity index (χ0) is 22.6. The molecule has 1 unspecified atom stereocenters. The number of nitrogens with zero attached hydrogens (tertiary/aromatic N) is 3. The third-order valence-electron chi connectivity index (χ3n) is 4.69. The van der Waals surface area contributed by atoms with Crippen LogP contribution in [0.1, 0.15) is 16.8 Å². The number of sulfonamides is 1. The summed E-state index contributed by atoms with van der Waals surface area (Å²) in [5.74, 6) is -1.94. The monoisotopic (exact) mass is 469 g/mol. The summed E-state index contributed by atoms with van der Waals surface area (Å²) < 4.78 is 40.8. The summed E-state index contributed by atoms with van der Waals surface area (Å²) in [7, 11) is -4.22. The van der Waals surface area contributed by atoms with Gasteiger partial charge in [-0.1, -0.05) is 11.6 Å². The van der Waals surface area contributed by atoms with Crippen molar-refractivity contribution in [3.8, 4) is 0 Å². The third kappa shape index (κ3) is 4.85. The molecular weight excluding hydrogens is 449 g/mol. The number of nitrogens with two attached hydrogens (primary N) is 1. The maximum absolute atomic E-state index is 13.3. The molecule has 3 N–H and O–H groups in total. The van der Waals surface area contributed by atoms with E-state index in [9.17, 15) is 22.4 Å². The second kappa shape index (κ2) is 9.69. The summed E-state index contributed by atoms with van der Waals surface area (Å²) in [6.07, 6.45) is 0.218. The molecule has 1 aliphatic heterocycles. The standard InChI is InChI=1S/C19H21ClFN5O4S/c20-16-15(3-1-9-23-16)19(28)25-11-2-12-26(18(25)17(27)24-10-8-22)31(29,30)14-6-4-13(21)5-7-14/h1,3-7,9,18H,2,8,10-12,22H2,(H,24,27). The van der Waals surface area contributed by atoms with Gasteiger partial charge in [-0.2, -0.15) is 4.31 Å². The first-order valence-electron chi connectivity index (χ1n) is 9.44. The zero-order valence-electron chi connectivity index (χ0n) is 16.4. The summed E-state index contributed by atoms with van der Waals surface area (Å²) in [5, 5.41) is 2.48. The molecule has 31 heavy (non-hydrogen) atoms. The number of carbonyl (C=O) groups excluding carboxylic acids is 2. The van der Waals surface area contributed by atoms with Crippen molar-refractivity contribution >= 4 is 33.4 Å². The molecule has 0 spiro atoms. The molecule has 0 radical (unpaired) electrons. The van der Waals surface area contributed by atoms with Crippen LogP contribution in [0, 0.1) is 5.82 Å². The van der Waals surface area contributed by atoms with Crippen LogP contribution in [0.2, 0.25) is 5.15 Å². The minimum atomic E-state index is -4.22. The molecule has 1 aromatic carbocycles. The molecule has 12 heteroatoms. The fraction of sp³-hybridized carbons (Fsp3) is 0.316. The number of benzene rings is 1. The van der Waals surface area contributed by atoms with Crippen molar-refractivity contribution in [2.75, 3.05) is 26.2 Å². The zero-order valence-corrected chi connectivity index (χ0v) is 17.9. The number of nitrogens with one attached hydrogen (secondary N) is 1. The summed E-state index contributed by atoms with van der Waals surface area (Å²) in [6, 6.07) is 7.20. The Morgan fingerprint density at radius 2 is 1.94 bits per heavy atom. The van der Waals surface area contributed by atoms with E-state index in [2.05, 4.69) is 10.3 Å². The van der Waals surface area contributed by atoms with Gasteiger partial charge < -0.3 is 16.0 Å². The van der Waals surface area contributed by atoms with Crippen LogP contribution in [0.15, 0.2) is 47.5 Å². The highest BCUT2D eigenvalue weighted by atomic mass is 35.5. The van der Waals surface area contributed by atoms with Crippen LogP contribution in [-0.2, 0) is 14.8 Å². The molecule has 1 aromatic heterocycles. The van der Waals surface area contributed by atoms with Crippen LogP contribution in [0.3, 0.4) is 0 Å². The number of amides is 2. The second-order valence-corrected chi connectivity index (χ2v) is 8.97. The number of carbonyl (C=O) groups is 2. The molecule has 0 aliphatic carbocycles. The highest BCUT2D eigenvalue weighted by Crippen LogP contribution is 2.27. The lowest BCUT2D eigenvalue weighted by molar-refractivity contribution is -0.130. The quantitative estimate of drug-likeness (QED) is 0.603. The fourth-order valence-electron chi connectivity index (χ4n) is 3.26. The Kier molecular flexibility index (Phi) is 7.21. The first-order valence-corrected chi connectivity index (χ1v) is 11.3. The molecule has 2 heterocycles. The minimum absolute atomic E-state index is 0.00896. The second-order valence-electron chi connectivity index (χ2n) is 6.72. The lowest BCUT2D eigenvalue weighted by Gasteiger charge is -2.41. The maximum atomic E-state index is 13.3. The smallest absolute Gasteiger partial charge is 0.259 e. The lowest BCUT2D eigenvalue weighted by Crippen LogP contribution is -2.63. The Morgan fingerprint density at radius 3 is 2.58 bits per heavy atom. The Labute approximate surface area is 184 Å². The Morgan fingerprint density at radius 1 is 1.23 bits per heavy atom. The number of aromatic nitrogens is 1. The summed E-state index contributed by atoms with van der Waals surface area (Å²) in [6.45, 7) is 0.339. The highest BCUT2D eigenvalue weighted by Gasteiger charge is 2.44. The van der Waals surface area contributed by atoms with Crippen molar-refractivity contribution in [2.24, 2.45) is 5.73 Å². The first-order chi connectivity index (χ1) is 14.8. The topological polar surface area (TPSA) is 126 Å². The van der Waals surface area contributed by atoms with Gasteiger partial charge in [0.25, 0.3) is 11.8 Å². The molecular formula is C19H21ClFN5O4S. The normalized spacial score (nSPS) is 17.4. The fourth-order valence-corrected chi connectivity index (χ4v) is 5.06. The van der Waals surface area contributed by atoms with Gasteiger partial charge in [0.15, 0.2) is 6.17 Å². The number of hydrogen-bond acceptors (Lipinski definition) is 6. The SMILES string of the molecule is NCCNC(=O)C1N(C(=O)c2cccnc2Cl)CCCN1S(=O)(=O)c1ccc(F)cc1. The molecule has 0 saturated carbocycles. The molecule has 0 bridgehead atoms. The van der Waals surface area contributed by atoms with Gasteiger partial charge in [0.05, 0.1) is 10.5 Å². The third-order valence-corrected chi connectivity index (χ3v) is 6.86. The van der Waals surface area contributed by atoms with E-state index in [4.69, 9.17) is 17.3 Å².